The first-order chi connectivity index (χ1) is 17.1. The lowest BCUT2D eigenvalue weighted by Gasteiger charge is -2.34. The van der Waals surface area contributed by atoms with Gasteiger partial charge in [0.2, 0.25) is 0 Å². The van der Waals surface area contributed by atoms with Gasteiger partial charge < -0.3 is 28.4 Å². The lowest BCUT2D eigenvalue weighted by molar-refractivity contribution is -0.215. The minimum Gasteiger partial charge on any atom is -0.490 e. The summed E-state index contributed by atoms with van der Waals surface area (Å²) < 4.78 is 38.0. The summed E-state index contributed by atoms with van der Waals surface area (Å²) in [5.41, 5.74) is 2.24. The second-order valence-corrected chi connectivity index (χ2v) is 11.7. The second kappa shape index (κ2) is 17.0. The number of rotatable bonds is 11. The molecule has 3 fully saturated rings. The number of hydrogen-bond donors (Lipinski definition) is 0. The van der Waals surface area contributed by atoms with Crippen molar-refractivity contribution in [1.29, 1.82) is 0 Å². The molecule has 2 aliphatic heterocycles. The van der Waals surface area contributed by atoms with Crippen LogP contribution < -0.4 is 4.74 Å². The molecule has 200 valence electrons. The van der Waals surface area contributed by atoms with Gasteiger partial charge in [0.15, 0.2) is 6.29 Å². The maximum Gasteiger partial charge on any atom is 0.185 e. The Bertz CT molecular complexity index is 725. The van der Waals surface area contributed by atoms with Gasteiger partial charge in [-0.25, -0.2) is 0 Å². The zero-order valence-corrected chi connectivity index (χ0v) is 25.6. The van der Waals surface area contributed by atoms with Crippen molar-refractivity contribution < 1.29 is 28.4 Å². The van der Waals surface area contributed by atoms with E-state index in [0.29, 0.717) is 39.6 Å². The molecule has 1 aliphatic carbocycles. The molecule has 6 nitrogen and oxygen atoms in total. The smallest absolute Gasteiger partial charge is 0.185 e. The average Bonchev–Trinajstić information content (AvgIpc) is 2.80. The minimum absolute atomic E-state index is 0.263. The summed E-state index contributed by atoms with van der Waals surface area (Å²) in [6.45, 7) is 5.45. The van der Waals surface area contributed by atoms with Gasteiger partial charge in [0.1, 0.15) is 12.4 Å². The fourth-order valence-corrected chi connectivity index (χ4v) is 7.23. The van der Waals surface area contributed by atoms with E-state index in [1.165, 1.54) is 42.1 Å². The predicted octanol–water partition coefficient (Wildman–Crippen LogP) is 6.96. The zero-order chi connectivity index (χ0) is 24.9. The number of halogens is 2. The molecular weight excluding hydrogens is 674 g/mol. The molecule has 0 radical (unpaired) electrons. The highest BCUT2D eigenvalue weighted by molar-refractivity contribution is 14.1. The van der Waals surface area contributed by atoms with Crippen LogP contribution in [0.3, 0.4) is 0 Å². The van der Waals surface area contributed by atoms with Crippen LogP contribution in [0.5, 0.6) is 5.75 Å². The second-order valence-electron chi connectivity index (χ2n) is 9.40. The van der Waals surface area contributed by atoms with Crippen molar-refractivity contribution in [3.05, 3.63) is 24.3 Å². The van der Waals surface area contributed by atoms with E-state index in [1.807, 2.05) is 0 Å². The van der Waals surface area contributed by atoms with Crippen LogP contribution in [-0.2, 0) is 23.7 Å². The number of benzene rings is 1. The molecule has 0 aromatic heterocycles. The third-order valence-electron chi connectivity index (χ3n) is 6.72. The zero-order valence-electron chi connectivity index (χ0n) is 21.3. The summed E-state index contributed by atoms with van der Waals surface area (Å²) in [6, 6.07) is 2.18. The van der Waals surface area contributed by atoms with Gasteiger partial charge >= 0.3 is 0 Å². The summed E-state index contributed by atoms with van der Waals surface area (Å²) in [4.78, 5) is 0. The number of fused-ring (bicyclic) bond motifs is 10. The summed E-state index contributed by atoms with van der Waals surface area (Å²) in [6.07, 6.45) is 12.3. The monoisotopic (exact) mass is 716 g/mol. The first-order valence-electron chi connectivity index (χ1n) is 13.2. The molecule has 2 unspecified atom stereocenters. The van der Waals surface area contributed by atoms with Crippen molar-refractivity contribution in [2.75, 3.05) is 46.8 Å². The van der Waals surface area contributed by atoms with Gasteiger partial charge in [-0.3, -0.25) is 0 Å². The van der Waals surface area contributed by atoms with E-state index in [9.17, 15) is 0 Å². The molecule has 1 aromatic rings. The van der Waals surface area contributed by atoms with Gasteiger partial charge in [-0.05, 0) is 90.3 Å². The number of methoxy groups -OCH3 is 1. The fraction of sp³-hybridized carbons (Fsp3) is 0.778. The van der Waals surface area contributed by atoms with Gasteiger partial charge in [-0.1, -0.05) is 32.1 Å². The maximum atomic E-state index is 6.70. The van der Waals surface area contributed by atoms with E-state index in [-0.39, 0.29) is 18.5 Å². The Morgan fingerprint density at radius 2 is 1.29 bits per heavy atom. The molecule has 2 bridgehead atoms. The highest BCUT2D eigenvalue weighted by Crippen LogP contribution is 2.40. The van der Waals surface area contributed by atoms with Crippen LogP contribution in [0.2, 0.25) is 0 Å². The van der Waals surface area contributed by atoms with E-state index in [0.717, 1.165) is 46.1 Å². The third-order valence-corrected chi connectivity index (χ3v) is 8.42. The lowest BCUT2D eigenvalue weighted by Crippen LogP contribution is -2.28. The molecule has 1 aromatic carbocycles. The van der Waals surface area contributed by atoms with E-state index >= 15 is 0 Å². The minimum atomic E-state index is -0.337. The van der Waals surface area contributed by atoms with Crippen LogP contribution in [0.4, 0.5) is 0 Å². The van der Waals surface area contributed by atoms with Crippen LogP contribution in [-0.4, -0.2) is 59.0 Å². The van der Waals surface area contributed by atoms with Gasteiger partial charge in [0, 0.05) is 21.8 Å². The Hall–Kier alpha value is 0.280. The van der Waals surface area contributed by atoms with Crippen molar-refractivity contribution in [1.82, 2.24) is 0 Å². The molecular formula is C27H42I2O6. The standard InChI is InChI=1S/C27H42I2O6/c1-20-25(27-34-21-9-6-4-3-5-7-10-22(35-27)12-8-11-21)23(28)19-24(29)26(20)33-18-17-32-16-15-31-14-13-30-2/h19,21-22,27H,3-18H2,1-2H3. The quantitative estimate of drug-likeness (QED) is 0.183. The molecule has 1 saturated carbocycles. The van der Waals surface area contributed by atoms with Gasteiger partial charge in [-0.2, -0.15) is 0 Å². The SMILES string of the molecule is COCCOCCOCCOc1c(I)cc(I)c(C2OC3CCCCCCCC(CCC3)O2)c1C. The Kier molecular flexibility index (Phi) is 14.5. The van der Waals surface area contributed by atoms with E-state index < -0.39 is 0 Å². The molecule has 4 rings (SSSR count). The number of hydrogen-bond acceptors (Lipinski definition) is 6. The Balaban J connectivity index is 1.65. The summed E-state index contributed by atoms with van der Waals surface area (Å²) in [7, 11) is 1.67. The molecule has 2 atom stereocenters. The van der Waals surface area contributed by atoms with Crippen LogP contribution >= 0.6 is 45.2 Å². The molecule has 2 saturated heterocycles. The molecule has 0 amide bonds. The molecule has 35 heavy (non-hydrogen) atoms. The van der Waals surface area contributed by atoms with Crippen LogP contribution in [0.15, 0.2) is 6.07 Å². The first kappa shape index (κ1) is 29.8. The molecule has 0 spiro atoms. The summed E-state index contributed by atoms with van der Waals surface area (Å²) in [5.74, 6) is 0.907. The van der Waals surface area contributed by atoms with E-state index in [4.69, 9.17) is 28.4 Å². The average molecular weight is 716 g/mol. The van der Waals surface area contributed by atoms with Crippen molar-refractivity contribution in [2.24, 2.45) is 0 Å². The first-order valence-corrected chi connectivity index (χ1v) is 15.3. The van der Waals surface area contributed by atoms with Crippen molar-refractivity contribution in [3.8, 4) is 5.75 Å². The van der Waals surface area contributed by atoms with Crippen LogP contribution in [0.1, 0.15) is 81.6 Å². The highest BCUT2D eigenvalue weighted by atomic mass is 127. The Morgan fingerprint density at radius 3 is 1.91 bits per heavy atom. The summed E-state index contributed by atoms with van der Waals surface area (Å²) in [5, 5.41) is 0. The largest absolute Gasteiger partial charge is 0.490 e. The van der Waals surface area contributed by atoms with E-state index in [2.05, 4.69) is 58.2 Å². The lowest BCUT2D eigenvalue weighted by atomic mass is 9.96. The van der Waals surface area contributed by atoms with E-state index in [1.54, 1.807) is 7.11 Å². The molecule has 8 heteroatoms. The predicted molar refractivity (Wildman–Crippen MR) is 154 cm³/mol. The summed E-state index contributed by atoms with van der Waals surface area (Å²) >= 11 is 4.79. The maximum absolute atomic E-state index is 6.70. The number of ether oxygens (including phenoxy) is 6. The fourth-order valence-electron chi connectivity index (χ4n) is 4.79. The molecule has 0 N–H and O–H groups in total. The van der Waals surface area contributed by atoms with Crippen LogP contribution in [0.25, 0.3) is 0 Å². The highest BCUT2D eigenvalue weighted by Gasteiger charge is 2.30. The van der Waals surface area contributed by atoms with Gasteiger partial charge in [0.05, 0.1) is 48.8 Å². The molecule has 3 aliphatic rings. The van der Waals surface area contributed by atoms with Gasteiger partial charge in [-0.15, -0.1) is 0 Å². The van der Waals surface area contributed by atoms with Gasteiger partial charge in [0.25, 0.3) is 0 Å². The topological polar surface area (TPSA) is 55.4 Å². The van der Waals surface area contributed by atoms with Crippen molar-refractivity contribution in [2.45, 2.75) is 89.6 Å². The van der Waals surface area contributed by atoms with Crippen molar-refractivity contribution >= 4 is 45.2 Å². The van der Waals surface area contributed by atoms with Crippen LogP contribution in [0, 0.1) is 14.1 Å². The Morgan fingerprint density at radius 1 is 0.743 bits per heavy atom. The normalized spacial score (nSPS) is 23.9. The molecule has 2 heterocycles. The van der Waals surface area contributed by atoms with Crippen molar-refractivity contribution in [3.63, 3.8) is 0 Å². The third kappa shape index (κ3) is 10.2. The Labute approximate surface area is 238 Å².